The van der Waals surface area contributed by atoms with Crippen molar-refractivity contribution in [2.45, 2.75) is 29.2 Å². The molecule has 2 N–H and O–H groups in total. The van der Waals surface area contributed by atoms with Gasteiger partial charge >= 0.3 is 0 Å². The highest BCUT2D eigenvalue weighted by Gasteiger charge is 2.32. The minimum atomic E-state index is -3.70. The summed E-state index contributed by atoms with van der Waals surface area (Å²) in [6.45, 7) is 2.28. The summed E-state index contributed by atoms with van der Waals surface area (Å²) in [5, 5.41) is 0. The molecule has 1 aromatic carbocycles. The van der Waals surface area contributed by atoms with Crippen molar-refractivity contribution in [2.75, 3.05) is 19.3 Å². The third kappa shape index (κ3) is 3.75. The van der Waals surface area contributed by atoms with E-state index in [2.05, 4.69) is 0 Å². The molecule has 9 heteroatoms. The number of hydrogen-bond acceptors (Lipinski definition) is 5. The molecule has 1 unspecified atom stereocenters. The summed E-state index contributed by atoms with van der Waals surface area (Å²) in [7, 11) is -7.14. The van der Waals surface area contributed by atoms with Gasteiger partial charge in [-0.05, 0) is 31.0 Å². The Labute approximate surface area is 131 Å². The van der Waals surface area contributed by atoms with E-state index in [9.17, 15) is 16.8 Å². The zero-order chi connectivity index (χ0) is 15.1. The van der Waals surface area contributed by atoms with Gasteiger partial charge in [0.15, 0.2) is 9.84 Å². The fourth-order valence-corrected chi connectivity index (χ4v) is 4.68. The van der Waals surface area contributed by atoms with Crippen LogP contribution in [0.25, 0.3) is 0 Å². The maximum absolute atomic E-state index is 12.6. The van der Waals surface area contributed by atoms with Gasteiger partial charge in [0.05, 0.1) is 9.79 Å². The number of sulfonamides is 1. The van der Waals surface area contributed by atoms with E-state index in [-0.39, 0.29) is 34.8 Å². The Bertz CT molecular complexity index is 732. The van der Waals surface area contributed by atoms with Crippen molar-refractivity contribution >= 4 is 32.3 Å². The van der Waals surface area contributed by atoms with Gasteiger partial charge < -0.3 is 5.73 Å². The Morgan fingerprint density at radius 2 is 1.86 bits per heavy atom. The molecule has 21 heavy (non-hydrogen) atoms. The first kappa shape index (κ1) is 18.4. The third-order valence-electron chi connectivity index (χ3n) is 3.39. The first-order valence-electron chi connectivity index (χ1n) is 6.19. The Hall–Kier alpha value is -0.670. The first-order valence-corrected chi connectivity index (χ1v) is 9.52. The third-order valence-corrected chi connectivity index (χ3v) is 6.51. The van der Waals surface area contributed by atoms with Gasteiger partial charge in [0.25, 0.3) is 0 Å². The lowest BCUT2D eigenvalue weighted by Gasteiger charge is -2.18. The van der Waals surface area contributed by atoms with Crippen molar-refractivity contribution in [1.29, 1.82) is 0 Å². The van der Waals surface area contributed by atoms with Crippen LogP contribution < -0.4 is 5.73 Å². The molecule has 0 radical (unpaired) electrons. The molecule has 1 atom stereocenters. The van der Waals surface area contributed by atoms with Crippen molar-refractivity contribution in [3.8, 4) is 0 Å². The number of sulfone groups is 1. The molecular formula is C12H19ClN2O4S2. The van der Waals surface area contributed by atoms with E-state index < -0.39 is 19.9 Å². The lowest BCUT2D eigenvalue weighted by molar-refractivity contribution is 0.472. The number of rotatable bonds is 3. The zero-order valence-corrected chi connectivity index (χ0v) is 14.3. The van der Waals surface area contributed by atoms with Gasteiger partial charge in [-0.25, -0.2) is 16.8 Å². The highest BCUT2D eigenvalue weighted by molar-refractivity contribution is 7.91. The maximum Gasteiger partial charge on any atom is 0.243 e. The predicted molar refractivity (Wildman–Crippen MR) is 82.9 cm³/mol. The van der Waals surface area contributed by atoms with Gasteiger partial charge in [-0.3, -0.25) is 0 Å². The van der Waals surface area contributed by atoms with Crippen LogP contribution in [0.2, 0.25) is 0 Å². The van der Waals surface area contributed by atoms with E-state index in [1.807, 2.05) is 0 Å². The molecule has 0 spiro atoms. The summed E-state index contributed by atoms with van der Waals surface area (Å²) in [6.07, 6.45) is 1.67. The van der Waals surface area contributed by atoms with E-state index >= 15 is 0 Å². The molecule has 6 nitrogen and oxygen atoms in total. The molecule has 0 aromatic heterocycles. The first-order chi connectivity index (χ1) is 9.12. The second-order valence-corrected chi connectivity index (χ2v) is 9.03. The highest BCUT2D eigenvalue weighted by Crippen LogP contribution is 2.25. The minimum absolute atomic E-state index is 0. The van der Waals surface area contributed by atoms with Crippen LogP contribution in [0.5, 0.6) is 0 Å². The lowest BCUT2D eigenvalue weighted by atomic mass is 10.2. The second-order valence-electron chi connectivity index (χ2n) is 5.11. The largest absolute Gasteiger partial charge is 0.326 e. The molecule has 1 aliphatic heterocycles. The molecule has 2 rings (SSSR count). The summed E-state index contributed by atoms with van der Waals surface area (Å²) >= 11 is 0. The van der Waals surface area contributed by atoms with Gasteiger partial charge in [0, 0.05) is 25.4 Å². The van der Waals surface area contributed by atoms with E-state index in [4.69, 9.17) is 5.73 Å². The van der Waals surface area contributed by atoms with E-state index in [0.717, 1.165) is 6.26 Å². The van der Waals surface area contributed by atoms with Gasteiger partial charge in [0.2, 0.25) is 10.0 Å². The number of nitrogens with zero attached hydrogens (tertiary/aromatic N) is 1. The summed E-state index contributed by atoms with van der Waals surface area (Å²) in [5.41, 5.74) is 6.26. The highest BCUT2D eigenvalue weighted by atomic mass is 35.5. The van der Waals surface area contributed by atoms with E-state index in [1.54, 1.807) is 6.92 Å². The van der Waals surface area contributed by atoms with Gasteiger partial charge in [-0.15, -0.1) is 12.4 Å². The van der Waals surface area contributed by atoms with Crippen LogP contribution in [0.4, 0.5) is 0 Å². The molecule has 0 aliphatic carbocycles. The molecule has 1 fully saturated rings. The van der Waals surface area contributed by atoms with Crippen LogP contribution in [0.1, 0.15) is 12.0 Å². The number of aryl methyl sites for hydroxylation is 1. The summed E-state index contributed by atoms with van der Waals surface area (Å²) in [6, 6.07) is 3.99. The van der Waals surface area contributed by atoms with Gasteiger partial charge in [-0.1, -0.05) is 6.07 Å². The standard InChI is InChI=1S/C12H18N2O4S2.ClH/c1-9-3-4-11(19(2,15)16)7-12(9)20(17,18)14-6-5-10(13)8-14;/h3-4,7,10H,5-6,8,13H2,1-2H3;1H. The molecule has 0 bridgehead atoms. The fraction of sp³-hybridized carbons (Fsp3) is 0.500. The van der Waals surface area contributed by atoms with Crippen molar-refractivity contribution in [3.05, 3.63) is 23.8 Å². The Kier molecular flexibility index (Phi) is 5.44. The topological polar surface area (TPSA) is 97.5 Å². The van der Waals surface area contributed by atoms with Crippen LogP contribution in [-0.2, 0) is 19.9 Å². The lowest BCUT2D eigenvalue weighted by Crippen LogP contribution is -2.32. The van der Waals surface area contributed by atoms with Crippen LogP contribution in [0.15, 0.2) is 28.0 Å². The van der Waals surface area contributed by atoms with Gasteiger partial charge in [-0.2, -0.15) is 4.31 Å². The molecular weight excluding hydrogens is 336 g/mol. The molecule has 1 heterocycles. The summed E-state index contributed by atoms with van der Waals surface area (Å²) in [4.78, 5) is 0.0414. The average Bonchev–Trinajstić information content (AvgIpc) is 2.75. The number of halogens is 1. The Balaban J connectivity index is 0.00000220. The average molecular weight is 355 g/mol. The minimum Gasteiger partial charge on any atom is -0.326 e. The zero-order valence-electron chi connectivity index (χ0n) is 11.8. The maximum atomic E-state index is 12.6. The van der Waals surface area contributed by atoms with Gasteiger partial charge in [0.1, 0.15) is 0 Å². The smallest absolute Gasteiger partial charge is 0.243 e. The Morgan fingerprint density at radius 1 is 1.24 bits per heavy atom. The van der Waals surface area contributed by atoms with Crippen LogP contribution >= 0.6 is 12.4 Å². The van der Waals surface area contributed by atoms with Crippen LogP contribution in [0.3, 0.4) is 0 Å². The monoisotopic (exact) mass is 354 g/mol. The molecule has 1 saturated heterocycles. The number of nitrogens with two attached hydrogens (primary N) is 1. The Morgan fingerprint density at radius 3 is 2.33 bits per heavy atom. The molecule has 1 aromatic rings. The van der Waals surface area contributed by atoms with Crippen LogP contribution in [-0.4, -0.2) is 46.5 Å². The SMILES string of the molecule is Cc1ccc(S(C)(=O)=O)cc1S(=O)(=O)N1CCC(N)C1.Cl. The van der Waals surface area contributed by atoms with Crippen molar-refractivity contribution < 1.29 is 16.8 Å². The summed E-state index contributed by atoms with van der Waals surface area (Å²) < 4.78 is 49.6. The molecule has 0 saturated carbocycles. The van der Waals surface area contributed by atoms with Crippen molar-refractivity contribution in [2.24, 2.45) is 5.73 Å². The summed E-state index contributed by atoms with van der Waals surface area (Å²) in [5.74, 6) is 0. The van der Waals surface area contributed by atoms with Crippen molar-refractivity contribution in [1.82, 2.24) is 4.31 Å². The van der Waals surface area contributed by atoms with Crippen LogP contribution in [0, 0.1) is 6.92 Å². The molecule has 1 aliphatic rings. The van der Waals surface area contributed by atoms with Crippen molar-refractivity contribution in [3.63, 3.8) is 0 Å². The molecule has 0 amide bonds. The molecule has 120 valence electrons. The number of hydrogen-bond donors (Lipinski definition) is 1. The second kappa shape index (κ2) is 6.21. The quantitative estimate of drug-likeness (QED) is 0.854. The fourth-order valence-electron chi connectivity index (χ4n) is 2.20. The van der Waals surface area contributed by atoms with E-state index in [1.165, 1.54) is 22.5 Å². The predicted octanol–water partition coefficient (Wildman–Crippen LogP) is 0.542. The van der Waals surface area contributed by atoms with E-state index in [0.29, 0.717) is 18.5 Å². The normalized spacial score (nSPS) is 20.2. The number of benzene rings is 1.